The van der Waals surface area contributed by atoms with Crippen molar-refractivity contribution in [2.45, 2.75) is 10.1 Å². The van der Waals surface area contributed by atoms with Gasteiger partial charge in [-0.15, -0.1) is 0 Å². The lowest BCUT2D eigenvalue weighted by atomic mass is 10.3. The van der Waals surface area contributed by atoms with Crippen molar-refractivity contribution in [2.24, 2.45) is 21.1 Å². The van der Waals surface area contributed by atoms with Crippen LogP contribution in [0.3, 0.4) is 0 Å². The minimum absolute atomic E-state index is 0.280. The summed E-state index contributed by atoms with van der Waals surface area (Å²) >= 11 is 1.24. The molecule has 2 amide bonds. The summed E-state index contributed by atoms with van der Waals surface area (Å²) in [7, 11) is 4.67. The van der Waals surface area contributed by atoms with Crippen LogP contribution < -0.4 is 21.9 Å². The molecule has 0 atom stereocenters. The summed E-state index contributed by atoms with van der Waals surface area (Å²) in [6.45, 7) is 0. The number of carbonyl (C=O) groups excluding carboxylic acids is 1. The Balaban J connectivity index is 1.64. The van der Waals surface area contributed by atoms with Crippen LogP contribution in [0, 0.1) is 5.82 Å². The first-order valence-corrected chi connectivity index (χ1v) is 10.3. The van der Waals surface area contributed by atoms with E-state index in [0.29, 0.717) is 26.9 Å². The molecular weight excluding hydrogens is 435 g/mol. The fourth-order valence-electron chi connectivity index (χ4n) is 3.16. The molecule has 0 aliphatic heterocycles. The predicted molar refractivity (Wildman–Crippen MR) is 121 cm³/mol. The molecule has 9 nitrogen and oxygen atoms in total. The highest BCUT2D eigenvalue weighted by Gasteiger charge is 2.19. The van der Waals surface area contributed by atoms with Crippen LogP contribution in [0.25, 0.3) is 11.2 Å². The third-order valence-corrected chi connectivity index (χ3v) is 6.00. The molecule has 0 aliphatic rings. The number of rotatable bonds is 4. The Bertz CT molecular complexity index is 1460. The molecule has 0 fully saturated rings. The summed E-state index contributed by atoms with van der Waals surface area (Å²) in [5, 5.41) is 5.88. The minimum atomic E-state index is -0.495. The average molecular weight is 454 g/mol. The minimum Gasteiger partial charge on any atom is -0.316 e. The number of fused-ring (bicyclic) bond motifs is 1. The molecule has 2 heterocycles. The molecule has 0 bridgehead atoms. The van der Waals surface area contributed by atoms with Crippen molar-refractivity contribution in [3.05, 3.63) is 75.2 Å². The fraction of sp³-hybridized carbons (Fsp3) is 0.143. The summed E-state index contributed by atoms with van der Waals surface area (Å²) in [6.07, 6.45) is 0. The highest BCUT2D eigenvalue weighted by molar-refractivity contribution is 7.99. The van der Waals surface area contributed by atoms with Crippen LogP contribution in [-0.2, 0) is 21.1 Å². The van der Waals surface area contributed by atoms with Gasteiger partial charge in [0.05, 0.1) is 5.69 Å². The summed E-state index contributed by atoms with van der Waals surface area (Å²) < 4.78 is 17.0. The number of aromatic nitrogens is 4. The number of para-hydroxylation sites is 1. The largest absolute Gasteiger partial charge is 0.332 e. The van der Waals surface area contributed by atoms with E-state index in [-0.39, 0.29) is 5.65 Å². The van der Waals surface area contributed by atoms with Crippen molar-refractivity contribution < 1.29 is 9.18 Å². The highest BCUT2D eigenvalue weighted by atomic mass is 32.2. The second kappa shape index (κ2) is 8.35. The van der Waals surface area contributed by atoms with E-state index in [2.05, 4.69) is 15.6 Å². The summed E-state index contributed by atoms with van der Waals surface area (Å²) in [4.78, 5) is 42.4. The van der Waals surface area contributed by atoms with Gasteiger partial charge in [-0.25, -0.2) is 19.0 Å². The summed E-state index contributed by atoms with van der Waals surface area (Å²) in [5.74, 6) is -0.396. The Kier molecular flexibility index (Phi) is 5.57. The predicted octanol–water partition coefficient (Wildman–Crippen LogP) is 2.91. The molecule has 4 aromatic rings. The van der Waals surface area contributed by atoms with Crippen LogP contribution in [0.1, 0.15) is 0 Å². The summed E-state index contributed by atoms with van der Waals surface area (Å²) in [5.41, 5.74) is 0.651. The number of hydrogen-bond donors (Lipinski definition) is 2. The Morgan fingerprint density at radius 2 is 1.62 bits per heavy atom. The van der Waals surface area contributed by atoms with E-state index in [4.69, 9.17) is 0 Å². The third-order valence-electron chi connectivity index (χ3n) is 4.87. The fourth-order valence-corrected chi connectivity index (χ4v) is 4.10. The SMILES string of the molecule is Cn1c(=O)c2c(nc(Sc3ccccc3NC(=O)Nc3ccc(F)cc3)n2C)n(C)c1=O. The van der Waals surface area contributed by atoms with E-state index in [1.807, 2.05) is 6.07 Å². The van der Waals surface area contributed by atoms with E-state index in [9.17, 15) is 18.8 Å². The van der Waals surface area contributed by atoms with E-state index in [1.54, 1.807) is 36.9 Å². The van der Waals surface area contributed by atoms with E-state index in [0.717, 1.165) is 4.57 Å². The number of imidazole rings is 1. The normalized spacial score (nSPS) is 11.0. The quantitative estimate of drug-likeness (QED) is 0.494. The Labute approximate surface area is 185 Å². The number of hydrogen-bond acceptors (Lipinski definition) is 5. The van der Waals surface area contributed by atoms with Gasteiger partial charge in [0.15, 0.2) is 16.3 Å². The van der Waals surface area contributed by atoms with Gasteiger partial charge in [-0.05, 0) is 48.2 Å². The van der Waals surface area contributed by atoms with Crippen LogP contribution in [-0.4, -0.2) is 24.7 Å². The number of nitrogens with one attached hydrogen (secondary N) is 2. The van der Waals surface area contributed by atoms with Gasteiger partial charge in [-0.1, -0.05) is 12.1 Å². The van der Waals surface area contributed by atoms with Crippen molar-refractivity contribution >= 4 is 40.3 Å². The lowest BCUT2D eigenvalue weighted by molar-refractivity contribution is 0.262. The topological polar surface area (TPSA) is 103 Å². The third kappa shape index (κ3) is 3.89. The van der Waals surface area contributed by atoms with Gasteiger partial charge in [0, 0.05) is 31.7 Å². The first kappa shape index (κ1) is 21.4. The molecule has 0 saturated carbocycles. The zero-order valence-corrected chi connectivity index (χ0v) is 18.2. The zero-order valence-electron chi connectivity index (χ0n) is 17.4. The van der Waals surface area contributed by atoms with E-state index < -0.39 is 23.1 Å². The Morgan fingerprint density at radius 3 is 2.34 bits per heavy atom. The number of halogens is 1. The van der Waals surface area contributed by atoms with Crippen LogP contribution >= 0.6 is 11.8 Å². The molecule has 11 heteroatoms. The number of amides is 2. The average Bonchev–Trinajstić information content (AvgIpc) is 3.10. The van der Waals surface area contributed by atoms with Crippen LogP contribution in [0.2, 0.25) is 0 Å². The molecule has 4 rings (SSSR count). The molecule has 164 valence electrons. The number of aryl methyl sites for hydroxylation is 2. The number of nitrogens with zero attached hydrogens (tertiary/aromatic N) is 4. The number of urea groups is 1. The second-order valence-electron chi connectivity index (χ2n) is 7.02. The molecule has 0 unspecified atom stereocenters. The van der Waals surface area contributed by atoms with Gasteiger partial charge in [0.2, 0.25) is 0 Å². The zero-order chi connectivity index (χ0) is 23.0. The van der Waals surface area contributed by atoms with Crippen LogP contribution in [0.4, 0.5) is 20.6 Å². The van der Waals surface area contributed by atoms with Gasteiger partial charge in [-0.2, -0.15) is 0 Å². The molecule has 0 radical (unpaired) electrons. The Morgan fingerprint density at radius 1 is 0.938 bits per heavy atom. The lowest BCUT2D eigenvalue weighted by Crippen LogP contribution is -2.37. The van der Waals surface area contributed by atoms with Crippen molar-refractivity contribution in [3.8, 4) is 0 Å². The number of carbonyl (C=O) groups is 1. The van der Waals surface area contributed by atoms with Crippen LogP contribution in [0.15, 0.2) is 68.2 Å². The second-order valence-corrected chi connectivity index (χ2v) is 8.02. The molecule has 0 spiro atoms. The molecule has 2 N–H and O–H groups in total. The molecule has 32 heavy (non-hydrogen) atoms. The molecule has 2 aromatic heterocycles. The maximum atomic E-state index is 13.1. The maximum Gasteiger partial charge on any atom is 0.332 e. The van der Waals surface area contributed by atoms with Gasteiger partial charge in [0.1, 0.15) is 5.82 Å². The van der Waals surface area contributed by atoms with Gasteiger partial charge >= 0.3 is 11.7 Å². The van der Waals surface area contributed by atoms with Gasteiger partial charge in [-0.3, -0.25) is 13.9 Å². The van der Waals surface area contributed by atoms with Gasteiger partial charge < -0.3 is 15.2 Å². The van der Waals surface area contributed by atoms with Gasteiger partial charge in [0.25, 0.3) is 5.56 Å². The van der Waals surface area contributed by atoms with E-state index >= 15 is 0 Å². The van der Waals surface area contributed by atoms with E-state index in [1.165, 1.54) is 47.6 Å². The standard InChI is InChI=1S/C21H19FN6O3S/c1-26-16-17(27(2)21(31)28(3)18(16)29)25-20(26)32-15-7-5-4-6-14(15)24-19(30)23-13-10-8-12(22)9-11-13/h4-11H,1-3H3,(H2,23,24,30). The van der Waals surface area contributed by atoms with Crippen LogP contribution in [0.5, 0.6) is 0 Å². The first-order chi connectivity index (χ1) is 15.3. The Hall–Kier alpha value is -3.86. The molecule has 0 aliphatic carbocycles. The van der Waals surface area contributed by atoms with Crippen molar-refractivity contribution in [2.75, 3.05) is 10.6 Å². The number of benzene rings is 2. The lowest BCUT2D eigenvalue weighted by Gasteiger charge is -2.11. The first-order valence-electron chi connectivity index (χ1n) is 9.49. The molecule has 2 aromatic carbocycles. The maximum absolute atomic E-state index is 13.1. The number of anilines is 2. The summed E-state index contributed by atoms with van der Waals surface area (Å²) in [6, 6.07) is 12.0. The monoisotopic (exact) mass is 454 g/mol. The molecular formula is C21H19FN6O3S. The van der Waals surface area contributed by atoms with Crippen molar-refractivity contribution in [1.82, 2.24) is 18.7 Å². The van der Waals surface area contributed by atoms with Crippen molar-refractivity contribution in [1.29, 1.82) is 0 Å². The highest BCUT2D eigenvalue weighted by Crippen LogP contribution is 2.33. The smallest absolute Gasteiger partial charge is 0.316 e. The van der Waals surface area contributed by atoms with Crippen molar-refractivity contribution in [3.63, 3.8) is 0 Å². The molecule has 0 saturated heterocycles.